The number of benzene rings is 1. The Morgan fingerprint density at radius 1 is 1.41 bits per heavy atom. The number of aromatic amines is 1. The predicted octanol–water partition coefficient (Wildman–Crippen LogP) is 1.91. The lowest BCUT2D eigenvalue weighted by molar-refractivity contribution is 0.0946. The van der Waals surface area contributed by atoms with Gasteiger partial charge >= 0.3 is 0 Å². The van der Waals surface area contributed by atoms with Gasteiger partial charge in [-0.05, 0) is 24.4 Å². The van der Waals surface area contributed by atoms with Crippen LogP contribution in [0, 0.1) is 11.3 Å². The van der Waals surface area contributed by atoms with Crippen molar-refractivity contribution in [3.05, 3.63) is 34.7 Å². The first kappa shape index (κ1) is 22.1. The van der Waals surface area contributed by atoms with Crippen LogP contribution in [0.1, 0.15) is 30.0 Å². The molecule has 1 aromatic carbocycles. The summed E-state index contributed by atoms with van der Waals surface area (Å²) in [5.41, 5.74) is 0.941. The number of anilines is 1. The number of rotatable bonds is 10. The summed E-state index contributed by atoms with van der Waals surface area (Å²) in [7, 11) is 1.47. The van der Waals surface area contributed by atoms with E-state index in [-0.39, 0.29) is 17.3 Å². The van der Waals surface area contributed by atoms with E-state index in [4.69, 9.17) is 16.3 Å². The summed E-state index contributed by atoms with van der Waals surface area (Å²) >= 11 is 6.32. The Labute approximate surface area is 173 Å². The van der Waals surface area contributed by atoms with E-state index in [0.29, 0.717) is 28.6 Å². The van der Waals surface area contributed by atoms with Crippen molar-refractivity contribution in [3.63, 3.8) is 0 Å². The number of likely N-dealkylation sites (N-methyl/N-ethyl adjacent to an activating group) is 1. The third-order valence-electron chi connectivity index (χ3n) is 4.22. The second-order valence-corrected chi connectivity index (χ2v) is 6.27. The van der Waals surface area contributed by atoms with Gasteiger partial charge in [0.25, 0.3) is 5.91 Å². The van der Waals surface area contributed by atoms with Crippen LogP contribution in [0.25, 0.3) is 5.57 Å². The quantitative estimate of drug-likeness (QED) is 0.498. The van der Waals surface area contributed by atoms with Gasteiger partial charge in [-0.15, -0.1) is 10.2 Å². The summed E-state index contributed by atoms with van der Waals surface area (Å²) in [4.78, 5) is 14.8. The van der Waals surface area contributed by atoms with Crippen LogP contribution in [-0.2, 0) is 0 Å². The molecule has 11 heteroatoms. The number of nitrogens with zero attached hydrogens (tertiary/aromatic N) is 5. The molecule has 0 aliphatic heterocycles. The fraction of sp³-hybridized carbons (Fsp3) is 0.389. The summed E-state index contributed by atoms with van der Waals surface area (Å²) in [5.74, 6) is 0.221. The van der Waals surface area contributed by atoms with Crippen molar-refractivity contribution < 1.29 is 9.53 Å². The Morgan fingerprint density at radius 3 is 2.76 bits per heavy atom. The highest BCUT2D eigenvalue weighted by atomic mass is 35.5. The average Bonchev–Trinajstić information content (AvgIpc) is 3.27. The monoisotopic (exact) mass is 418 g/mol. The van der Waals surface area contributed by atoms with E-state index in [2.05, 4.69) is 50.0 Å². The van der Waals surface area contributed by atoms with Crippen LogP contribution >= 0.6 is 11.6 Å². The number of nitriles is 1. The number of ether oxygens (including phenoxy) is 1. The first-order valence-electron chi connectivity index (χ1n) is 9.02. The number of allylic oxidation sites excluding steroid dienone is 1. The highest BCUT2D eigenvalue weighted by Crippen LogP contribution is 2.31. The van der Waals surface area contributed by atoms with Crippen LogP contribution in [0.15, 0.2) is 18.3 Å². The fourth-order valence-corrected chi connectivity index (χ4v) is 2.76. The molecule has 0 radical (unpaired) electrons. The smallest absolute Gasteiger partial charge is 0.255 e. The Balaban J connectivity index is 2.14. The third-order valence-corrected chi connectivity index (χ3v) is 4.53. The maximum Gasteiger partial charge on any atom is 0.255 e. The van der Waals surface area contributed by atoms with E-state index in [1.165, 1.54) is 19.4 Å². The van der Waals surface area contributed by atoms with Crippen molar-refractivity contribution in [1.29, 1.82) is 5.26 Å². The molecule has 1 amide bonds. The number of tetrazole rings is 1. The molecule has 0 unspecified atom stereocenters. The van der Waals surface area contributed by atoms with E-state index in [0.717, 1.165) is 19.6 Å². The van der Waals surface area contributed by atoms with Gasteiger partial charge in [0.15, 0.2) is 0 Å². The molecule has 0 atom stereocenters. The van der Waals surface area contributed by atoms with Crippen molar-refractivity contribution in [1.82, 2.24) is 30.8 Å². The van der Waals surface area contributed by atoms with Gasteiger partial charge in [-0.25, -0.2) is 0 Å². The Hall–Kier alpha value is -3.16. The van der Waals surface area contributed by atoms with Gasteiger partial charge in [0, 0.05) is 25.4 Å². The summed E-state index contributed by atoms with van der Waals surface area (Å²) in [6.07, 6.45) is 1.40. The van der Waals surface area contributed by atoms with Crippen LogP contribution in [0.4, 0.5) is 5.69 Å². The minimum absolute atomic E-state index is 0.146. The largest absolute Gasteiger partial charge is 0.496 e. The summed E-state index contributed by atoms with van der Waals surface area (Å²) in [5, 5.41) is 28.5. The topological polar surface area (TPSA) is 132 Å². The van der Waals surface area contributed by atoms with Gasteiger partial charge in [0.1, 0.15) is 17.4 Å². The molecule has 0 spiro atoms. The van der Waals surface area contributed by atoms with Gasteiger partial charge < -0.3 is 20.3 Å². The number of hydrogen-bond donors (Lipinski definition) is 3. The van der Waals surface area contributed by atoms with Crippen molar-refractivity contribution in [2.24, 2.45) is 0 Å². The molecule has 0 fully saturated rings. The van der Waals surface area contributed by atoms with Crippen LogP contribution in [-0.4, -0.2) is 64.7 Å². The van der Waals surface area contributed by atoms with Gasteiger partial charge in [0.2, 0.25) is 5.82 Å². The van der Waals surface area contributed by atoms with Gasteiger partial charge in [0.05, 0.1) is 23.4 Å². The Bertz CT molecular complexity index is 888. The number of halogens is 1. The fourth-order valence-electron chi connectivity index (χ4n) is 2.55. The second kappa shape index (κ2) is 11.0. The lowest BCUT2D eigenvalue weighted by Crippen LogP contribution is -2.34. The Morgan fingerprint density at radius 2 is 2.17 bits per heavy atom. The highest BCUT2D eigenvalue weighted by Gasteiger charge is 2.16. The van der Waals surface area contributed by atoms with Gasteiger partial charge in [-0.1, -0.05) is 25.4 Å². The SMILES string of the molecule is CCN(CC)CCNC(=O)c1cc(Cl)c(NC=C(C#N)c2nn[nH]n2)cc1OC. The zero-order valence-electron chi connectivity index (χ0n) is 16.5. The number of methoxy groups -OCH3 is 1. The zero-order chi connectivity index (χ0) is 21.2. The molecule has 2 rings (SSSR count). The number of carbonyl (C=O) groups is 1. The van der Waals surface area contributed by atoms with Crippen molar-refractivity contribution in [3.8, 4) is 11.8 Å². The van der Waals surface area contributed by atoms with Crippen LogP contribution in [0.2, 0.25) is 5.02 Å². The molecule has 0 aliphatic carbocycles. The molecule has 0 saturated carbocycles. The molecule has 3 N–H and O–H groups in total. The number of H-pyrrole nitrogens is 1. The van der Waals surface area contributed by atoms with Crippen molar-refractivity contribution in [2.75, 3.05) is 38.6 Å². The molecule has 10 nitrogen and oxygen atoms in total. The van der Waals surface area contributed by atoms with Crippen LogP contribution in [0.3, 0.4) is 0 Å². The molecular weight excluding hydrogens is 396 g/mol. The first-order chi connectivity index (χ1) is 14.0. The molecule has 2 aromatic rings. The van der Waals surface area contributed by atoms with Crippen LogP contribution < -0.4 is 15.4 Å². The molecule has 1 heterocycles. The molecule has 154 valence electrons. The van der Waals surface area contributed by atoms with Crippen LogP contribution in [0.5, 0.6) is 5.75 Å². The van der Waals surface area contributed by atoms with E-state index in [1.54, 1.807) is 6.07 Å². The highest BCUT2D eigenvalue weighted by molar-refractivity contribution is 6.33. The van der Waals surface area contributed by atoms with Gasteiger partial charge in [-0.3, -0.25) is 4.79 Å². The molecule has 1 aromatic heterocycles. The maximum absolute atomic E-state index is 12.5. The summed E-state index contributed by atoms with van der Waals surface area (Å²) < 4.78 is 5.34. The second-order valence-electron chi connectivity index (χ2n) is 5.86. The average molecular weight is 419 g/mol. The number of nitrogens with one attached hydrogen (secondary N) is 3. The molecule has 0 saturated heterocycles. The maximum atomic E-state index is 12.5. The number of aromatic nitrogens is 4. The summed E-state index contributed by atoms with van der Waals surface area (Å²) in [6, 6.07) is 5.07. The Kier molecular flexibility index (Phi) is 8.39. The van der Waals surface area contributed by atoms with E-state index < -0.39 is 0 Å². The van der Waals surface area contributed by atoms with E-state index in [9.17, 15) is 10.1 Å². The number of carbonyl (C=O) groups excluding carboxylic acids is 1. The number of amides is 1. The molecule has 0 bridgehead atoms. The molecular formula is C18H23ClN8O2. The number of hydrogen-bond acceptors (Lipinski definition) is 8. The zero-order valence-corrected chi connectivity index (χ0v) is 17.2. The van der Waals surface area contributed by atoms with E-state index in [1.807, 2.05) is 6.07 Å². The predicted molar refractivity (Wildman–Crippen MR) is 110 cm³/mol. The van der Waals surface area contributed by atoms with Crippen molar-refractivity contribution in [2.45, 2.75) is 13.8 Å². The summed E-state index contributed by atoms with van der Waals surface area (Å²) in [6.45, 7) is 7.26. The normalized spacial score (nSPS) is 11.2. The molecule has 29 heavy (non-hydrogen) atoms. The first-order valence-corrected chi connectivity index (χ1v) is 9.40. The van der Waals surface area contributed by atoms with Gasteiger partial charge in [-0.2, -0.15) is 10.5 Å². The van der Waals surface area contributed by atoms with Crippen molar-refractivity contribution >= 4 is 28.8 Å². The standard InChI is InChI=1S/C18H23ClN8O2/c1-4-27(5-2)7-6-21-18(28)13-8-14(19)15(9-16(13)29-3)22-11-12(10-20)17-23-25-26-24-17/h8-9,11,22H,4-7H2,1-3H3,(H,21,28)(H,23,24,25,26). The minimum atomic E-state index is -0.275. The third kappa shape index (κ3) is 5.91. The molecule has 0 aliphatic rings. The lowest BCUT2D eigenvalue weighted by atomic mass is 10.1. The van der Waals surface area contributed by atoms with E-state index >= 15 is 0 Å². The minimum Gasteiger partial charge on any atom is -0.496 e. The lowest BCUT2D eigenvalue weighted by Gasteiger charge is -2.18.